The number of halogens is 1. The number of nitrogens with two attached hydrogens (primary N) is 1. The second kappa shape index (κ2) is 4.10. The molecule has 0 aromatic carbocycles. The highest BCUT2D eigenvalue weighted by atomic mass is 35.5. The zero-order valence-corrected chi connectivity index (χ0v) is 6.67. The van der Waals surface area contributed by atoms with Crippen LogP contribution in [0.5, 0.6) is 0 Å². The molecule has 0 amide bonds. The first-order valence-corrected chi connectivity index (χ1v) is 3.64. The molecule has 1 heterocycles. The van der Waals surface area contributed by atoms with E-state index in [0.717, 1.165) is 0 Å². The van der Waals surface area contributed by atoms with Crippen LogP contribution >= 0.6 is 11.6 Å². The lowest BCUT2D eigenvalue weighted by atomic mass is 10.5. The summed E-state index contributed by atoms with van der Waals surface area (Å²) < 4.78 is 0. The van der Waals surface area contributed by atoms with Gasteiger partial charge in [-0.25, -0.2) is 0 Å². The Morgan fingerprint density at radius 2 is 2.27 bits per heavy atom. The first-order valence-electron chi connectivity index (χ1n) is 3.26. The lowest BCUT2D eigenvalue weighted by molar-refractivity contribution is 0.971. The highest BCUT2D eigenvalue weighted by Crippen LogP contribution is 2.04. The minimum atomic E-state index is 0.392. The van der Waals surface area contributed by atoms with E-state index < -0.39 is 0 Å². The van der Waals surface area contributed by atoms with Gasteiger partial charge in [-0.1, -0.05) is 11.6 Å². The maximum absolute atomic E-state index is 5.52. The van der Waals surface area contributed by atoms with E-state index in [2.05, 4.69) is 15.5 Å². The van der Waals surface area contributed by atoms with E-state index in [1.54, 1.807) is 12.1 Å². The molecule has 11 heavy (non-hydrogen) atoms. The minimum Gasteiger partial charge on any atom is -0.367 e. The molecule has 1 aromatic rings. The molecular formula is C6H9ClN4. The Kier molecular flexibility index (Phi) is 3.07. The predicted molar refractivity (Wildman–Crippen MR) is 44.6 cm³/mol. The Morgan fingerprint density at radius 1 is 1.45 bits per heavy atom. The molecule has 0 aliphatic carbocycles. The molecule has 0 atom stereocenters. The van der Waals surface area contributed by atoms with Crippen molar-refractivity contribution < 1.29 is 0 Å². The van der Waals surface area contributed by atoms with Crippen molar-refractivity contribution in [2.75, 3.05) is 18.4 Å². The van der Waals surface area contributed by atoms with E-state index >= 15 is 0 Å². The Bertz CT molecular complexity index is 210. The molecule has 0 spiro atoms. The molecule has 5 heteroatoms. The monoisotopic (exact) mass is 172 g/mol. The first-order chi connectivity index (χ1) is 5.33. The lowest BCUT2D eigenvalue weighted by Gasteiger charge is -2.00. The Morgan fingerprint density at radius 3 is 2.82 bits per heavy atom. The van der Waals surface area contributed by atoms with Gasteiger partial charge in [-0.3, -0.25) is 0 Å². The number of rotatable bonds is 3. The van der Waals surface area contributed by atoms with Gasteiger partial charge in [0, 0.05) is 13.1 Å². The van der Waals surface area contributed by atoms with Crippen LogP contribution in [-0.2, 0) is 0 Å². The van der Waals surface area contributed by atoms with E-state index in [1.165, 1.54) is 0 Å². The zero-order valence-electron chi connectivity index (χ0n) is 5.92. The molecule has 0 aliphatic rings. The van der Waals surface area contributed by atoms with Gasteiger partial charge >= 0.3 is 0 Å². The van der Waals surface area contributed by atoms with E-state index in [0.29, 0.717) is 24.1 Å². The van der Waals surface area contributed by atoms with Crippen molar-refractivity contribution in [1.29, 1.82) is 0 Å². The number of hydrogen-bond acceptors (Lipinski definition) is 4. The summed E-state index contributed by atoms with van der Waals surface area (Å²) in [6.07, 6.45) is 0. The third kappa shape index (κ3) is 2.69. The SMILES string of the molecule is NCCNc1ccc(Cl)nn1. The van der Waals surface area contributed by atoms with Crippen molar-refractivity contribution in [1.82, 2.24) is 10.2 Å². The van der Waals surface area contributed by atoms with Crippen molar-refractivity contribution in [2.24, 2.45) is 5.73 Å². The largest absolute Gasteiger partial charge is 0.367 e. The number of aromatic nitrogens is 2. The van der Waals surface area contributed by atoms with Crippen molar-refractivity contribution in [3.63, 3.8) is 0 Å². The molecule has 0 saturated heterocycles. The third-order valence-electron chi connectivity index (χ3n) is 1.08. The van der Waals surface area contributed by atoms with Crippen LogP contribution in [0.4, 0.5) is 5.82 Å². The molecule has 0 radical (unpaired) electrons. The van der Waals surface area contributed by atoms with Gasteiger partial charge in [-0.05, 0) is 12.1 Å². The summed E-state index contributed by atoms with van der Waals surface area (Å²) in [5.74, 6) is 0.694. The smallest absolute Gasteiger partial charge is 0.151 e. The Labute approximate surface area is 69.8 Å². The molecule has 0 aliphatic heterocycles. The second-order valence-corrected chi connectivity index (χ2v) is 2.34. The van der Waals surface area contributed by atoms with Gasteiger partial charge in [0.05, 0.1) is 0 Å². The average molecular weight is 173 g/mol. The van der Waals surface area contributed by atoms with Crippen LogP contribution in [0.2, 0.25) is 5.15 Å². The van der Waals surface area contributed by atoms with Crippen LogP contribution in [0.3, 0.4) is 0 Å². The maximum atomic E-state index is 5.52. The molecular weight excluding hydrogens is 164 g/mol. The third-order valence-corrected chi connectivity index (χ3v) is 1.28. The summed E-state index contributed by atoms with van der Waals surface area (Å²) in [7, 11) is 0. The van der Waals surface area contributed by atoms with Crippen molar-refractivity contribution in [3.05, 3.63) is 17.3 Å². The van der Waals surface area contributed by atoms with Crippen molar-refractivity contribution >= 4 is 17.4 Å². The van der Waals surface area contributed by atoms with Gasteiger partial charge < -0.3 is 11.1 Å². The summed E-state index contributed by atoms with van der Waals surface area (Å²) in [6, 6.07) is 3.43. The number of anilines is 1. The average Bonchev–Trinajstić information content (AvgIpc) is 2.04. The Balaban J connectivity index is 2.52. The second-order valence-electron chi connectivity index (χ2n) is 1.96. The van der Waals surface area contributed by atoms with Crippen LogP contribution < -0.4 is 11.1 Å². The molecule has 4 nitrogen and oxygen atoms in total. The molecule has 0 bridgehead atoms. The van der Waals surface area contributed by atoms with Crippen LogP contribution in [0.1, 0.15) is 0 Å². The topological polar surface area (TPSA) is 63.8 Å². The van der Waals surface area contributed by atoms with Crippen LogP contribution in [0.25, 0.3) is 0 Å². The molecule has 1 rings (SSSR count). The van der Waals surface area contributed by atoms with E-state index in [4.69, 9.17) is 17.3 Å². The fraction of sp³-hybridized carbons (Fsp3) is 0.333. The summed E-state index contributed by atoms with van der Waals surface area (Å²) in [5.41, 5.74) is 5.27. The van der Waals surface area contributed by atoms with Crippen LogP contribution in [0, 0.1) is 0 Å². The molecule has 0 fully saturated rings. The van der Waals surface area contributed by atoms with Crippen molar-refractivity contribution in [2.45, 2.75) is 0 Å². The number of nitrogens with one attached hydrogen (secondary N) is 1. The van der Waals surface area contributed by atoms with Crippen molar-refractivity contribution in [3.8, 4) is 0 Å². The van der Waals surface area contributed by atoms with Gasteiger partial charge in [0.1, 0.15) is 5.82 Å². The highest BCUT2D eigenvalue weighted by Gasteiger charge is 1.92. The lowest BCUT2D eigenvalue weighted by Crippen LogP contribution is -2.13. The minimum absolute atomic E-state index is 0.392. The molecule has 1 aromatic heterocycles. The van der Waals surface area contributed by atoms with Gasteiger partial charge in [0.15, 0.2) is 5.15 Å². The zero-order chi connectivity index (χ0) is 8.10. The van der Waals surface area contributed by atoms with E-state index in [9.17, 15) is 0 Å². The fourth-order valence-corrected chi connectivity index (χ4v) is 0.711. The number of nitrogens with zero attached hydrogens (tertiary/aromatic N) is 2. The van der Waals surface area contributed by atoms with Gasteiger partial charge in [-0.2, -0.15) is 0 Å². The van der Waals surface area contributed by atoms with Gasteiger partial charge in [0.25, 0.3) is 0 Å². The molecule has 60 valence electrons. The van der Waals surface area contributed by atoms with Crippen LogP contribution in [0.15, 0.2) is 12.1 Å². The molecule has 0 saturated carbocycles. The van der Waals surface area contributed by atoms with E-state index in [-0.39, 0.29) is 0 Å². The standard InChI is InChI=1S/C6H9ClN4/c7-5-1-2-6(11-10-5)9-4-3-8/h1-2H,3-4,8H2,(H,9,11). The summed E-state index contributed by atoms with van der Waals surface area (Å²) in [5, 5.41) is 10.8. The molecule has 0 unspecified atom stereocenters. The summed E-state index contributed by atoms with van der Waals surface area (Å²) in [6.45, 7) is 1.26. The quantitative estimate of drug-likeness (QED) is 0.697. The maximum Gasteiger partial charge on any atom is 0.151 e. The first kappa shape index (κ1) is 8.23. The normalized spacial score (nSPS) is 9.64. The van der Waals surface area contributed by atoms with Gasteiger partial charge in [0.2, 0.25) is 0 Å². The summed E-state index contributed by atoms with van der Waals surface area (Å²) >= 11 is 5.52. The summed E-state index contributed by atoms with van der Waals surface area (Å²) in [4.78, 5) is 0. The van der Waals surface area contributed by atoms with Gasteiger partial charge in [-0.15, -0.1) is 10.2 Å². The highest BCUT2D eigenvalue weighted by molar-refractivity contribution is 6.29. The molecule has 3 N–H and O–H groups in total. The fourth-order valence-electron chi connectivity index (χ4n) is 0.611. The number of hydrogen-bond donors (Lipinski definition) is 2. The van der Waals surface area contributed by atoms with Crippen LogP contribution in [-0.4, -0.2) is 23.3 Å². The Hall–Kier alpha value is -0.870. The van der Waals surface area contributed by atoms with E-state index in [1.807, 2.05) is 0 Å². The predicted octanol–water partition coefficient (Wildman–Crippen LogP) is 0.501.